The lowest BCUT2D eigenvalue weighted by Gasteiger charge is -2.24. The Morgan fingerprint density at radius 3 is 2.45 bits per heavy atom. The van der Waals surface area contributed by atoms with Gasteiger partial charge >= 0.3 is 6.09 Å². The van der Waals surface area contributed by atoms with E-state index >= 15 is 0 Å². The van der Waals surface area contributed by atoms with Crippen molar-refractivity contribution in [3.63, 3.8) is 0 Å². The Bertz CT molecular complexity index is 958. The van der Waals surface area contributed by atoms with Gasteiger partial charge in [-0.3, -0.25) is 4.98 Å². The second kappa shape index (κ2) is 11.5. The number of nitrogens with two attached hydrogens (primary N) is 2. The summed E-state index contributed by atoms with van der Waals surface area (Å²) in [5.41, 5.74) is 9.43. The summed E-state index contributed by atoms with van der Waals surface area (Å²) >= 11 is 0. The van der Waals surface area contributed by atoms with Crippen molar-refractivity contribution in [3.05, 3.63) is 59.3 Å². The van der Waals surface area contributed by atoms with Crippen LogP contribution in [0.2, 0.25) is 0 Å². The molecule has 0 atom stereocenters. The summed E-state index contributed by atoms with van der Waals surface area (Å²) in [6, 6.07) is 7.38. The lowest BCUT2D eigenvalue weighted by atomic mass is 9.98. The van der Waals surface area contributed by atoms with E-state index in [1.165, 1.54) is 29.2 Å². The van der Waals surface area contributed by atoms with Crippen LogP contribution in [0.3, 0.4) is 0 Å². The Hall–Kier alpha value is -3.33. The summed E-state index contributed by atoms with van der Waals surface area (Å²) < 4.78 is 11.6. The van der Waals surface area contributed by atoms with Gasteiger partial charge in [0.2, 0.25) is 0 Å². The molecule has 0 bridgehead atoms. The molecule has 0 aliphatic heterocycles. The van der Waals surface area contributed by atoms with Gasteiger partial charge in [0.25, 0.3) is 0 Å². The number of rotatable bonds is 8. The van der Waals surface area contributed by atoms with E-state index in [0.29, 0.717) is 23.6 Å². The summed E-state index contributed by atoms with van der Waals surface area (Å²) in [6.07, 6.45) is 8.95. The molecule has 4 N–H and O–H groups in total. The second-order valence-corrected chi connectivity index (χ2v) is 8.40. The molecular formula is C24H34N6O3. The Kier molecular flexibility index (Phi) is 8.48. The Balaban J connectivity index is 1.66. The largest absolute Gasteiger partial charge is 0.489 e. The number of hydrogen-bond donors (Lipinski definition) is 2. The van der Waals surface area contributed by atoms with Crippen LogP contribution in [0, 0.1) is 6.92 Å². The first-order valence-corrected chi connectivity index (χ1v) is 11.2. The zero-order chi connectivity index (χ0) is 23.8. The van der Waals surface area contributed by atoms with Crippen molar-refractivity contribution in [1.29, 1.82) is 0 Å². The molecule has 0 radical (unpaired) electrons. The highest BCUT2D eigenvalue weighted by Gasteiger charge is 2.19. The third-order valence-electron chi connectivity index (χ3n) is 5.71. The highest BCUT2D eigenvalue weighted by Crippen LogP contribution is 2.26. The molecule has 1 fully saturated rings. The third kappa shape index (κ3) is 6.82. The van der Waals surface area contributed by atoms with Crippen LogP contribution >= 0.6 is 0 Å². The molecule has 178 valence electrons. The second-order valence-electron chi connectivity index (χ2n) is 8.40. The predicted molar refractivity (Wildman–Crippen MR) is 127 cm³/mol. The number of hydrazine groups is 1. The van der Waals surface area contributed by atoms with Crippen molar-refractivity contribution in [2.75, 3.05) is 20.7 Å². The van der Waals surface area contributed by atoms with Gasteiger partial charge in [-0.15, -0.1) is 0 Å². The molecule has 1 aliphatic rings. The molecule has 3 rings (SSSR count). The van der Waals surface area contributed by atoms with E-state index in [9.17, 15) is 4.79 Å². The van der Waals surface area contributed by atoms with Crippen molar-refractivity contribution < 1.29 is 14.3 Å². The highest BCUT2D eigenvalue weighted by molar-refractivity contribution is 5.68. The predicted octanol–water partition coefficient (Wildman–Crippen LogP) is 3.20. The molecular weight excluding hydrogens is 420 g/mol. The van der Waals surface area contributed by atoms with Crippen LogP contribution in [0.4, 0.5) is 4.79 Å². The quantitative estimate of drug-likeness (QED) is 0.461. The van der Waals surface area contributed by atoms with E-state index in [-0.39, 0.29) is 12.7 Å². The summed E-state index contributed by atoms with van der Waals surface area (Å²) in [6.45, 7) is 2.21. The molecule has 0 unspecified atom stereocenters. The van der Waals surface area contributed by atoms with Gasteiger partial charge in [0, 0.05) is 33.0 Å². The Labute approximate surface area is 195 Å². The number of aryl methyl sites for hydroxylation is 1. The van der Waals surface area contributed by atoms with E-state index in [0.717, 1.165) is 29.8 Å². The van der Waals surface area contributed by atoms with Crippen LogP contribution in [0.25, 0.3) is 5.70 Å². The van der Waals surface area contributed by atoms with Crippen LogP contribution < -0.4 is 16.3 Å². The van der Waals surface area contributed by atoms with Crippen molar-refractivity contribution in [1.82, 2.24) is 19.9 Å². The number of amides is 1. The van der Waals surface area contributed by atoms with Gasteiger partial charge < -0.3 is 25.1 Å². The molecule has 2 aromatic rings. The molecule has 9 nitrogen and oxygen atoms in total. The molecule has 1 aliphatic carbocycles. The van der Waals surface area contributed by atoms with Gasteiger partial charge in [0.15, 0.2) is 0 Å². The fraction of sp³-hybridized carbons (Fsp3) is 0.458. The van der Waals surface area contributed by atoms with E-state index in [2.05, 4.69) is 9.97 Å². The fourth-order valence-electron chi connectivity index (χ4n) is 3.77. The van der Waals surface area contributed by atoms with E-state index in [1.807, 2.05) is 25.1 Å². The highest BCUT2D eigenvalue weighted by atomic mass is 16.6. The fourth-order valence-corrected chi connectivity index (χ4v) is 3.77. The lowest BCUT2D eigenvalue weighted by molar-refractivity contribution is 0.111. The number of carbonyl (C=O) groups excluding carboxylic acids is 1. The van der Waals surface area contributed by atoms with Crippen molar-refractivity contribution in [2.24, 2.45) is 11.6 Å². The number of pyridine rings is 2. The minimum absolute atomic E-state index is 0.0839. The Morgan fingerprint density at radius 2 is 1.82 bits per heavy atom. The normalized spacial score (nSPS) is 14.9. The van der Waals surface area contributed by atoms with Gasteiger partial charge in [-0.2, -0.15) is 0 Å². The summed E-state index contributed by atoms with van der Waals surface area (Å²) in [7, 11) is 3.31. The van der Waals surface area contributed by atoms with Gasteiger partial charge in [-0.25, -0.2) is 15.6 Å². The third-order valence-corrected chi connectivity index (χ3v) is 5.71. The molecule has 2 aromatic heterocycles. The van der Waals surface area contributed by atoms with Crippen LogP contribution in [-0.4, -0.2) is 52.8 Å². The molecule has 9 heteroatoms. The van der Waals surface area contributed by atoms with Gasteiger partial charge in [-0.1, -0.05) is 6.42 Å². The summed E-state index contributed by atoms with van der Waals surface area (Å²) in [4.78, 5) is 22.5. The van der Waals surface area contributed by atoms with Crippen LogP contribution in [-0.2, 0) is 11.3 Å². The maximum Gasteiger partial charge on any atom is 0.410 e. The van der Waals surface area contributed by atoms with Gasteiger partial charge in [0.05, 0.1) is 28.9 Å². The summed E-state index contributed by atoms with van der Waals surface area (Å²) in [5, 5.41) is 1.34. The molecule has 1 amide bonds. The molecule has 2 heterocycles. The first kappa shape index (κ1) is 24.3. The van der Waals surface area contributed by atoms with Crippen molar-refractivity contribution in [3.8, 4) is 5.75 Å². The first-order chi connectivity index (χ1) is 15.8. The monoisotopic (exact) mass is 454 g/mol. The van der Waals surface area contributed by atoms with Crippen LogP contribution in [0.15, 0.2) is 42.4 Å². The van der Waals surface area contributed by atoms with Gasteiger partial charge in [-0.05, 0) is 62.4 Å². The molecule has 0 aromatic carbocycles. The van der Waals surface area contributed by atoms with Crippen molar-refractivity contribution >= 4 is 11.8 Å². The lowest BCUT2D eigenvalue weighted by Crippen LogP contribution is -2.33. The average Bonchev–Trinajstić information content (AvgIpc) is 2.81. The van der Waals surface area contributed by atoms with Crippen molar-refractivity contribution in [2.45, 2.75) is 51.7 Å². The maximum absolute atomic E-state index is 12.5. The first-order valence-electron chi connectivity index (χ1n) is 11.2. The van der Waals surface area contributed by atoms with Crippen LogP contribution in [0.1, 0.15) is 49.1 Å². The van der Waals surface area contributed by atoms with E-state index < -0.39 is 6.09 Å². The van der Waals surface area contributed by atoms with Gasteiger partial charge in [0.1, 0.15) is 12.4 Å². The molecule has 33 heavy (non-hydrogen) atoms. The number of carbonyl (C=O) groups is 1. The SMILES string of the molecule is Cc1nc(/C(N)=C(\COC(=O)N(C)Cc2ccncc2)N(C)N)ccc1OC1CCCCC1. The number of nitrogens with zero attached hydrogens (tertiary/aromatic N) is 4. The minimum Gasteiger partial charge on any atom is -0.489 e. The smallest absolute Gasteiger partial charge is 0.410 e. The standard InChI is InChI=1S/C24H34N6O3/c1-17-22(33-19-7-5-4-6-8-19)10-9-20(28-17)23(25)21(30(3)26)16-32-24(31)29(2)15-18-11-13-27-14-12-18/h9-14,19H,4-8,15-16,25-26H2,1-3H3/b23-21-. The van der Waals surface area contributed by atoms with E-state index in [1.54, 1.807) is 32.6 Å². The topological polar surface area (TPSA) is 120 Å². The van der Waals surface area contributed by atoms with E-state index in [4.69, 9.17) is 21.1 Å². The number of likely N-dealkylation sites (N-methyl/N-ethyl adjacent to an activating group) is 1. The average molecular weight is 455 g/mol. The maximum atomic E-state index is 12.5. The zero-order valence-electron chi connectivity index (χ0n) is 19.7. The molecule has 1 saturated carbocycles. The minimum atomic E-state index is -0.487. The number of ether oxygens (including phenoxy) is 2. The summed E-state index contributed by atoms with van der Waals surface area (Å²) in [5.74, 6) is 6.75. The number of hydrogen-bond acceptors (Lipinski definition) is 8. The number of aromatic nitrogens is 2. The molecule has 0 spiro atoms. The Morgan fingerprint density at radius 1 is 1.12 bits per heavy atom. The zero-order valence-corrected chi connectivity index (χ0v) is 19.7. The molecule has 0 saturated heterocycles. The van der Waals surface area contributed by atoms with Crippen LogP contribution in [0.5, 0.6) is 5.75 Å².